The number of benzene rings is 2. The minimum atomic E-state index is -3.84. The minimum absolute atomic E-state index is 0.0351. The predicted molar refractivity (Wildman–Crippen MR) is 153 cm³/mol. The third-order valence-electron chi connectivity index (χ3n) is 6.06. The normalized spacial score (nSPS) is 11.7. The molecule has 192 valence electrons. The van der Waals surface area contributed by atoms with Crippen LogP contribution in [0.25, 0.3) is 27.6 Å². The number of pyridine rings is 2. The molecule has 0 aliphatic heterocycles. The molecule has 0 unspecified atom stereocenters. The van der Waals surface area contributed by atoms with Crippen molar-refractivity contribution in [2.75, 3.05) is 5.75 Å². The zero-order chi connectivity index (χ0) is 27.0. The number of rotatable bonds is 7. The van der Waals surface area contributed by atoms with Crippen molar-refractivity contribution in [3.63, 3.8) is 0 Å². The number of ketones is 1. The third-order valence-corrected chi connectivity index (χ3v) is 10.2. The molecular formula is C28H20Cl2N2O4S2. The first kappa shape index (κ1) is 26.3. The molecule has 38 heavy (non-hydrogen) atoms. The fraction of sp³-hybridized carbons (Fsp3) is 0.107. The molecule has 10 heteroatoms. The molecule has 0 amide bonds. The lowest BCUT2D eigenvalue weighted by Crippen LogP contribution is -2.19. The van der Waals surface area contributed by atoms with Crippen molar-refractivity contribution >= 4 is 60.9 Å². The van der Waals surface area contributed by atoms with Gasteiger partial charge in [-0.1, -0.05) is 53.0 Å². The van der Waals surface area contributed by atoms with E-state index in [1.54, 1.807) is 41.2 Å². The molecule has 0 saturated heterocycles. The van der Waals surface area contributed by atoms with Crippen molar-refractivity contribution < 1.29 is 13.2 Å². The lowest BCUT2D eigenvalue weighted by Gasteiger charge is -2.14. The molecule has 5 aromatic rings. The number of aromatic nitrogens is 2. The summed E-state index contributed by atoms with van der Waals surface area (Å²) in [6.07, 6.45) is 5.16. The van der Waals surface area contributed by atoms with E-state index in [0.29, 0.717) is 16.6 Å². The van der Waals surface area contributed by atoms with Crippen LogP contribution in [0, 0.1) is 6.92 Å². The van der Waals surface area contributed by atoms with Crippen LogP contribution in [0.5, 0.6) is 0 Å². The topological polar surface area (TPSA) is 86.1 Å². The Hall–Kier alpha value is -3.30. The Morgan fingerprint density at radius 1 is 0.974 bits per heavy atom. The molecule has 0 atom stereocenters. The zero-order valence-electron chi connectivity index (χ0n) is 20.0. The van der Waals surface area contributed by atoms with E-state index >= 15 is 0 Å². The molecule has 0 N–H and O–H groups in total. The van der Waals surface area contributed by atoms with Crippen LogP contribution in [0.4, 0.5) is 0 Å². The van der Waals surface area contributed by atoms with Gasteiger partial charge in [0.1, 0.15) is 14.3 Å². The second kappa shape index (κ2) is 10.5. The van der Waals surface area contributed by atoms with Crippen molar-refractivity contribution in [3.8, 4) is 16.8 Å². The second-order valence-corrected chi connectivity index (χ2v) is 13.1. The highest BCUT2D eigenvalue weighted by molar-refractivity contribution is 7.94. The standard InChI is InChI=1S/C28H20Cl2N2O4S2/c1-17-2-7-22-23(12-17)24(19-8-10-31-11-9-19)15-32(28(22)34)20-5-3-18(4-6-20)13-21(33)16-38(35,36)26-14-25(29)27(30)37-26/h2-12,14-15H,13,16H2,1H3. The summed E-state index contributed by atoms with van der Waals surface area (Å²) in [5, 5.41) is 1.58. The first-order chi connectivity index (χ1) is 18.1. The quantitative estimate of drug-likeness (QED) is 0.224. The maximum atomic E-state index is 13.4. The minimum Gasteiger partial charge on any atom is -0.298 e. The third kappa shape index (κ3) is 5.31. The van der Waals surface area contributed by atoms with E-state index in [-0.39, 0.29) is 25.5 Å². The largest absolute Gasteiger partial charge is 0.298 e. The number of hydrogen-bond acceptors (Lipinski definition) is 6. The monoisotopic (exact) mass is 582 g/mol. The maximum Gasteiger partial charge on any atom is 0.262 e. The number of carbonyl (C=O) groups is 1. The van der Waals surface area contributed by atoms with Crippen LogP contribution in [-0.2, 0) is 21.1 Å². The van der Waals surface area contributed by atoms with E-state index in [1.807, 2.05) is 43.5 Å². The van der Waals surface area contributed by atoms with Crippen LogP contribution in [0.3, 0.4) is 0 Å². The summed E-state index contributed by atoms with van der Waals surface area (Å²) in [5.41, 5.74) is 3.96. The van der Waals surface area contributed by atoms with Gasteiger partial charge in [0.15, 0.2) is 15.6 Å². The van der Waals surface area contributed by atoms with Gasteiger partial charge < -0.3 is 0 Å². The van der Waals surface area contributed by atoms with E-state index < -0.39 is 21.4 Å². The van der Waals surface area contributed by atoms with Gasteiger partial charge in [-0.3, -0.25) is 19.1 Å². The molecule has 2 aromatic carbocycles. The summed E-state index contributed by atoms with van der Waals surface area (Å²) >= 11 is 12.6. The molecule has 0 saturated carbocycles. The molecule has 3 heterocycles. The first-order valence-electron chi connectivity index (χ1n) is 11.5. The highest BCUT2D eigenvalue weighted by Gasteiger charge is 2.23. The van der Waals surface area contributed by atoms with Gasteiger partial charge in [-0.2, -0.15) is 0 Å². The second-order valence-electron chi connectivity index (χ2n) is 8.83. The summed E-state index contributed by atoms with van der Waals surface area (Å²) in [5.74, 6) is -1.11. The summed E-state index contributed by atoms with van der Waals surface area (Å²) < 4.78 is 26.9. The molecule has 3 aromatic heterocycles. The van der Waals surface area contributed by atoms with Crippen LogP contribution in [0.2, 0.25) is 9.36 Å². The average molecular weight is 584 g/mol. The number of Topliss-reactive ketones (excluding diaryl/α,β-unsaturated/α-hetero) is 1. The van der Waals surface area contributed by atoms with Crippen molar-refractivity contribution in [2.24, 2.45) is 0 Å². The lowest BCUT2D eigenvalue weighted by atomic mass is 9.99. The number of thiophene rings is 1. The fourth-order valence-electron chi connectivity index (χ4n) is 4.22. The SMILES string of the molecule is Cc1ccc2c(=O)n(-c3ccc(CC(=O)CS(=O)(=O)c4cc(Cl)c(Cl)s4)cc3)cc(-c3ccncc3)c2c1. The van der Waals surface area contributed by atoms with Crippen LogP contribution >= 0.6 is 34.5 Å². The Kier molecular flexibility index (Phi) is 7.24. The molecular weight excluding hydrogens is 563 g/mol. The summed E-state index contributed by atoms with van der Waals surface area (Å²) in [7, 11) is -3.84. The number of nitrogens with zero attached hydrogens (tertiary/aromatic N) is 2. The number of carbonyl (C=O) groups excluding carboxylic acids is 1. The van der Waals surface area contributed by atoms with Gasteiger partial charge in [0, 0.05) is 41.6 Å². The van der Waals surface area contributed by atoms with Gasteiger partial charge in [-0.05, 0) is 59.8 Å². The Morgan fingerprint density at radius 3 is 2.34 bits per heavy atom. The number of sulfone groups is 1. The Labute approximate surface area is 233 Å². The first-order valence-corrected chi connectivity index (χ1v) is 14.7. The maximum absolute atomic E-state index is 13.4. The van der Waals surface area contributed by atoms with E-state index in [0.717, 1.165) is 33.4 Å². The number of hydrogen-bond donors (Lipinski definition) is 0. The number of fused-ring (bicyclic) bond motifs is 1. The predicted octanol–water partition coefficient (Wildman–Crippen LogP) is 6.31. The highest BCUT2D eigenvalue weighted by Crippen LogP contribution is 2.35. The molecule has 0 radical (unpaired) electrons. The van der Waals surface area contributed by atoms with Gasteiger partial charge >= 0.3 is 0 Å². The van der Waals surface area contributed by atoms with Crippen molar-refractivity contribution in [1.29, 1.82) is 0 Å². The Bertz CT molecular complexity index is 1830. The van der Waals surface area contributed by atoms with Gasteiger partial charge in [0.25, 0.3) is 5.56 Å². The van der Waals surface area contributed by atoms with Crippen LogP contribution in [0.1, 0.15) is 11.1 Å². The molecule has 0 fully saturated rings. The summed E-state index contributed by atoms with van der Waals surface area (Å²) in [4.78, 5) is 30.1. The average Bonchev–Trinajstić information content (AvgIpc) is 3.24. The van der Waals surface area contributed by atoms with Crippen molar-refractivity contribution in [3.05, 3.63) is 110 Å². The van der Waals surface area contributed by atoms with Crippen LogP contribution in [0.15, 0.2) is 88.3 Å². The van der Waals surface area contributed by atoms with Crippen molar-refractivity contribution in [2.45, 2.75) is 17.6 Å². The molecule has 5 rings (SSSR count). The summed E-state index contributed by atoms with van der Waals surface area (Å²) in [6, 6.07) is 17.7. The van der Waals surface area contributed by atoms with E-state index in [4.69, 9.17) is 23.2 Å². The number of aryl methyl sites for hydroxylation is 1. The van der Waals surface area contributed by atoms with Gasteiger partial charge in [-0.25, -0.2) is 8.42 Å². The Balaban J connectivity index is 1.44. The van der Waals surface area contributed by atoms with E-state index in [1.165, 1.54) is 6.07 Å². The van der Waals surface area contributed by atoms with E-state index in [9.17, 15) is 18.0 Å². The fourth-order valence-corrected chi connectivity index (χ4v) is 7.43. The van der Waals surface area contributed by atoms with Crippen LogP contribution < -0.4 is 5.56 Å². The summed E-state index contributed by atoms with van der Waals surface area (Å²) in [6.45, 7) is 1.98. The molecule has 6 nitrogen and oxygen atoms in total. The molecule has 0 aliphatic rings. The van der Waals surface area contributed by atoms with Crippen molar-refractivity contribution in [1.82, 2.24) is 9.55 Å². The molecule has 0 bridgehead atoms. The van der Waals surface area contributed by atoms with Gasteiger partial charge in [0.05, 0.1) is 5.02 Å². The van der Waals surface area contributed by atoms with Gasteiger partial charge in [0.2, 0.25) is 0 Å². The number of halogens is 2. The zero-order valence-corrected chi connectivity index (χ0v) is 23.2. The Morgan fingerprint density at radius 2 is 1.68 bits per heavy atom. The molecule has 0 aliphatic carbocycles. The van der Waals surface area contributed by atoms with E-state index in [2.05, 4.69) is 4.98 Å². The van der Waals surface area contributed by atoms with Gasteiger partial charge in [-0.15, -0.1) is 11.3 Å². The van der Waals surface area contributed by atoms with Crippen LogP contribution in [-0.4, -0.2) is 29.5 Å². The smallest absolute Gasteiger partial charge is 0.262 e. The lowest BCUT2D eigenvalue weighted by molar-refractivity contribution is -0.116. The molecule has 0 spiro atoms. The highest BCUT2D eigenvalue weighted by atomic mass is 35.5.